The largest absolute Gasteiger partial charge is 0.480 e. The third-order valence-corrected chi connectivity index (χ3v) is 4.30. The van der Waals surface area contributed by atoms with Crippen molar-refractivity contribution in [2.45, 2.75) is 77.2 Å². The van der Waals surface area contributed by atoms with Crippen molar-refractivity contribution >= 4 is 5.97 Å². The molecule has 0 radical (unpaired) electrons. The van der Waals surface area contributed by atoms with Crippen molar-refractivity contribution in [1.82, 2.24) is 0 Å². The van der Waals surface area contributed by atoms with Crippen LogP contribution in [0.5, 0.6) is 0 Å². The van der Waals surface area contributed by atoms with E-state index in [-0.39, 0.29) is 0 Å². The quantitative estimate of drug-likeness (QED) is 0.731. The number of carbonyl (C=O) groups is 1. The third kappa shape index (κ3) is 5.38. The van der Waals surface area contributed by atoms with Crippen LogP contribution in [0.15, 0.2) is 0 Å². The molecule has 18 heavy (non-hydrogen) atoms. The summed E-state index contributed by atoms with van der Waals surface area (Å²) in [5.74, 6) is 0.441. The SMILES string of the molecule is CC(CCCC1CCCCC1)CC(C)(N)C(=O)O. The maximum Gasteiger partial charge on any atom is 0.323 e. The zero-order valence-electron chi connectivity index (χ0n) is 12.0. The Balaban J connectivity index is 2.16. The third-order valence-electron chi connectivity index (χ3n) is 4.30. The predicted octanol–water partition coefficient (Wildman–Crippen LogP) is 3.57. The van der Waals surface area contributed by atoms with Crippen LogP contribution in [-0.4, -0.2) is 16.6 Å². The van der Waals surface area contributed by atoms with Crippen LogP contribution in [-0.2, 0) is 4.79 Å². The highest BCUT2D eigenvalue weighted by Gasteiger charge is 2.29. The van der Waals surface area contributed by atoms with Gasteiger partial charge in [0.05, 0.1) is 0 Å². The Kier molecular flexibility index (Phi) is 6.13. The second kappa shape index (κ2) is 7.13. The molecular formula is C15H29NO2. The van der Waals surface area contributed by atoms with Gasteiger partial charge in [0.1, 0.15) is 5.54 Å². The lowest BCUT2D eigenvalue weighted by molar-refractivity contribution is -0.143. The zero-order valence-corrected chi connectivity index (χ0v) is 12.0. The molecule has 106 valence electrons. The summed E-state index contributed by atoms with van der Waals surface area (Å²) in [6.45, 7) is 3.74. The van der Waals surface area contributed by atoms with Gasteiger partial charge in [-0.15, -0.1) is 0 Å². The van der Waals surface area contributed by atoms with E-state index in [0.717, 1.165) is 12.3 Å². The summed E-state index contributed by atoms with van der Waals surface area (Å²) in [6, 6.07) is 0. The average Bonchev–Trinajstić information content (AvgIpc) is 2.29. The molecule has 3 heteroatoms. The minimum atomic E-state index is -1.07. The number of carboxylic acids is 1. The number of aliphatic carboxylic acids is 1. The summed E-state index contributed by atoms with van der Waals surface area (Å²) in [5.41, 5.74) is 4.71. The summed E-state index contributed by atoms with van der Waals surface area (Å²) in [5, 5.41) is 8.99. The van der Waals surface area contributed by atoms with Gasteiger partial charge in [-0.05, 0) is 25.2 Å². The first-order chi connectivity index (χ1) is 8.42. The lowest BCUT2D eigenvalue weighted by Crippen LogP contribution is -2.46. The van der Waals surface area contributed by atoms with Crippen LogP contribution in [0.4, 0.5) is 0 Å². The molecule has 2 atom stereocenters. The fourth-order valence-electron chi connectivity index (χ4n) is 3.14. The fraction of sp³-hybridized carbons (Fsp3) is 0.933. The van der Waals surface area contributed by atoms with Crippen LogP contribution in [0.2, 0.25) is 0 Å². The lowest BCUT2D eigenvalue weighted by Gasteiger charge is -2.25. The Morgan fingerprint density at radius 2 is 2.00 bits per heavy atom. The molecule has 0 heterocycles. The molecule has 0 amide bonds. The summed E-state index contributed by atoms with van der Waals surface area (Å²) in [6.07, 6.45) is 11.2. The minimum absolute atomic E-state index is 0.402. The van der Waals surface area contributed by atoms with Crippen molar-refractivity contribution in [3.8, 4) is 0 Å². The second-order valence-electron chi connectivity index (χ2n) is 6.47. The molecular weight excluding hydrogens is 226 g/mol. The van der Waals surface area contributed by atoms with E-state index in [0.29, 0.717) is 12.3 Å². The Morgan fingerprint density at radius 3 is 2.56 bits per heavy atom. The molecule has 0 bridgehead atoms. The van der Waals surface area contributed by atoms with Crippen LogP contribution < -0.4 is 5.73 Å². The van der Waals surface area contributed by atoms with Crippen molar-refractivity contribution < 1.29 is 9.90 Å². The van der Waals surface area contributed by atoms with Crippen LogP contribution in [0.3, 0.4) is 0 Å². The maximum atomic E-state index is 11.0. The van der Waals surface area contributed by atoms with Crippen molar-refractivity contribution in [2.24, 2.45) is 17.6 Å². The van der Waals surface area contributed by atoms with Gasteiger partial charge in [0, 0.05) is 0 Å². The first-order valence-electron chi connectivity index (χ1n) is 7.44. The number of hydrogen-bond donors (Lipinski definition) is 2. The molecule has 0 saturated heterocycles. The normalized spacial score (nSPS) is 22.4. The maximum absolute atomic E-state index is 11.0. The second-order valence-corrected chi connectivity index (χ2v) is 6.47. The van der Waals surface area contributed by atoms with Gasteiger partial charge in [-0.3, -0.25) is 4.79 Å². The van der Waals surface area contributed by atoms with Gasteiger partial charge in [-0.2, -0.15) is 0 Å². The van der Waals surface area contributed by atoms with Crippen molar-refractivity contribution in [3.05, 3.63) is 0 Å². The molecule has 0 aromatic rings. The fourth-order valence-corrected chi connectivity index (χ4v) is 3.14. The highest BCUT2D eigenvalue weighted by atomic mass is 16.4. The number of carboxylic acid groups (broad SMARTS) is 1. The lowest BCUT2D eigenvalue weighted by atomic mass is 9.83. The van der Waals surface area contributed by atoms with E-state index in [1.807, 2.05) is 0 Å². The summed E-state index contributed by atoms with van der Waals surface area (Å²) >= 11 is 0. The summed E-state index contributed by atoms with van der Waals surface area (Å²) in [7, 11) is 0. The Labute approximate surface area is 111 Å². The standard InChI is InChI=1S/C15H29NO2/c1-12(11-15(2,16)14(17)18)7-6-10-13-8-4-3-5-9-13/h12-13H,3-11,16H2,1-2H3,(H,17,18). The van der Waals surface area contributed by atoms with Gasteiger partial charge in [-0.25, -0.2) is 0 Å². The van der Waals surface area contributed by atoms with Gasteiger partial charge in [-0.1, -0.05) is 58.3 Å². The molecule has 1 aliphatic rings. The molecule has 1 saturated carbocycles. The van der Waals surface area contributed by atoms with E-state index < -0.39 is 11.5 Å². The smallest absolute Gasteiger partial charge is 0.323 e. The highest BCUT2D eigenvalue weighted by molar-refractivity contribution is 5.77. The van der Waals surface area contributed by atoms with E-state index in [4.69, 9.17) is 10.8 Å². The van der Waals surface area contributed by atoms with Gasteiger partial charge < -0.3 is 10.8 Å². The van der Waals surface area contributed by atoms with E-state index >= 15 is 0 Å². The first kappa shape index (κ1) is 15.5. The van der Waals surface area contributed by atoms with Crippen LogP contribution in [0.1, 0.15) is 71.6 Å². The Morgan fingerprint density at radius 1 is 1.39 bits per heavy atom. The Hall–Kier alpha value is -0.570. The molecule has 3 N–H and O–H groups in total. The van der Waals surface area contributed by atoms with Crippen molar-refractivity contribution in [3.63, 3.8) is 0 Å². The molecule has 0 aromatic carbocycles. The summed E-state index contributed by atoms with van der Waals surface area (Å²) in [4.78, 5) is 11.0. The molecule has 1 aliphatic carbocycles. The zero-order chi connectivity index (χ0) is 13.6. The minimum Gasteiger partial charge on any atom is -0.480 e. The molecule has 0 aromatic heterocycles. The topological polar surface area (TPSA) is 63.3 Å². The van der Waals surface area contributed by atoms with E-state index in [1.165, 1.54) is 44.9 Å². The van der Waals surface area contributed by atoms with Crippen LogP contribution in [0, 0.1) is 11.8 Å². The van der Waals surface area contributed by atoms with E-state index in [1.54, 1.807) is 6.92 Å². The number of hydrogen-bond acceptors (Lipinski definition) is 2. The molecule has 1 rings (SSSR count). The van der Waals surface area contributed by atoms with Gasteiger partial charge in [0.25, 0.3) is 0 Å². The molecule has 0 aliphatic heterocycles. The highest BCUT2D eigenvalue weighted by Crippen LogP contribution is 2.29. The van der Waals surface area contributed by atoms with Crippen LogP contribution >= 0.6 is 0 Å². The summed E-state index contributed by atoms with van der Waals surface area (Å²) < 4.78 is 0. The van der Waals surface area contributed by atoms with Crippen molar-refractivity contribution in [2.75, 3.05) is 0 Å². The molecule has 2 unspecified atom stereocenters. The van der Waals surface area contributed by atoms with Gasteiger partial charge >= 0.3 is 5.97 Å². The van der Waals surface area contributed by atoms with Crippen molar-refractivity contribution in [1.29, 1.82) is 0 Å². The van der Waals surface area contributed by atoms with Gasteiger partial charge in [0.15, 0.2) is 0 Å². The number of rotatable bonds is 7. The van der Waals surface area contributed by atoms with Crippen LogP contribution in [0.25, 0.3) is 0 Å². The molecule has 3 nitrogen and oxygen atoms in total. The van der Waals surface area contributed by atoms with E-state index in [2.05, 4.69) is 6.92 Å². The average molecular weight is 255 g/mol. The number of nitrogens with two attached hydrogens (primary N) is 1. The Bertz CT molecular complexity index is 257. The molecule has 0 spiro atoms. The predicted molar refractivity (Wildman–Crippen MR) is 74.4 cm³/mol. The monoisotopic (exact) mass is 255 g/mol. The molecule has 1 fully saturated rings. The first-order valence-corrected chi connectivity index (χ1v) is 7.44. The van der Waals surface area contributed by atoms with Gasteiger partial charge in [0.2, 0.25) is 0 Å². The van der Waals surface area contributed by atoms with E-state index in [9.17, 15) is 4.79 Å².